The number of hydrogen-bond acceptors (Lipinski definition) is 5. The van der Waals surface area contributed by atoms with Gasteiger partial charge in [0.2, 0.25) is 0 Å². The molecule has 7 nitrogen and oxygen atoms in total. The highest BCUT2D eigenvalue weighted by Crippen LogP contribution is 2.33. The monoisotopic (exact) mass is 480 g/mol. The molecule has 2 N–H and O–H groups in total. The van der Waals surface area contributed by atoms with Gasteiger partial charge in [-0.05, 0) is 38.9 Å². The zero-order chi connectivity index (χ0) is 17.0. The van der Waals surface area contributed by atoms with Crippen LogP contribution in [0.2, 0.25) is 0 Å². The lowest BCUT2D eigenvalue weighted by atomic mass is 9.99. The SMILES string of the molecule is CN=C(NCC1(SC)CCOCC1)NC1CCCn2nc(C)nc21.I. The molecule has 0 aliphatic carbocycles. The molecule has 0 bridgehead atoms. The summed E-state index contributed by atoms with van der Waals surface area (Å²) in [6.45, 7) is 5.49. The van der Waals surface area contributed by atoms with Crippen molar-refractivity contribution in [1.82, 2.24) is 25.4 Å². The number of aryl methyl sites for hydroxylation is 2. The molecule has 1 unspecified atom stereocenters. The molecule has 0 aromatic carbocycles. The molecular weight excluding hydrogens is 451 g/mol. The van der Waals surface area contributed by atoms with Crippen molar-refractivity contribution in [3.05, 3.63) is 11.6 Å². The van der Waals surface area contributed by atoms with Gasteiger partial charge >= 0.3 is 0 Å². The minimum absolute atomic E-state index is 0. The van der Waals surface area contributed by atoms with Gasteiger partial charge in [0.05, 0.1) is 6.04 Å². The van der Waals surface area contributed by atoms with Gasteiger partial charge in [0.25, 0.3) is 0 Å². The van der Waals surface area contributed by atoms with Gasteiger partial charge in [-0.3, -0.25) is 4.99 Å². The molecule has 142 valence electrons. The molecule has 3 rings (SSSR count). The van der Waals surface area contributed by atoms with E-state index in [0.717, 1.165) is 69.6 Å². The highest BCUT2D eigenvalue weighted by atomic mass is 127. The van der Waals surface area contributed by atoms with Crippen molar-refractivity contribution in [1.29, 1.82) is 0 Å². The van der Waals surface area contributed by atoms with Crippen molar-refractivity contribution in [2.75, 3.05) is 33.1 Å². The van der Waals surface area contributed by atoms with E-state index < -0.39 is 0 Å². The van der Waals surface area contributed by atoms with E-state index in [-0.39, 0.29) is 34.8 Å². The Bertz CT molecular complexity index is 587. The number of hydrogen-bond donors (Lipinski definition) is 2. The van der Waals surface area contributed by atoms with E-state index in [1.54, 1.807) is 0 Å². The van der Waals surface area contributed by atoms with Crippen molar-refractivity contribution in [2.45, 2.75) is 49.9 Å². The topological polar surface area (TPSA) is 76.4 Å². The van der Waals surface area contributed by atoms with Crippen LogP contribution in [0.3, 0.4) is 0 Å². The van der Waals surface area contributed by atoms with Gasteiger partial charge in [-0.25, -0.2) is 9.67 Å². The van der Waals surface area contributed by atoms with Crippen LogP contribution in [-0.4, -0.2) is 58.5 Å². The van der Waals surface area contributed by atoms with Crippen LogP contribution in [0.5, 0.6) is 0 Å². The van der Waals surface area contributed by atoms with Crippen molar-refractivity contribution >= 4 is 41.7 Å². The van der Waals surface area contributed by atoms with Crippen LogP contribution in [-0.2, 0) is 11.3 Å². The highest BCUT2D eigenvalue weighted by molar-refractivity contribution is 14.0. The Labute approximate surface area is 171 Å². The number of halogens is 1. The normalized spacial score (nSPS) is 22.7. The maximum absolute atomic E-state index is 5.52. The minimum atomic E-state index is 0. The quantitative estimate of drug-likeness (QED) is 0.391. The summed E-state index contributed by atoms with van der Waals surface area (Å²) in [5, 5.41) is 11.5. The van der Waals surface area contributed by atoms with Crippen LogP contribution in [0.4, 0.5) is 0 Å². The number of guanidine groups is 1. The highest BCUT2D eigenvalue weighted by Gasteiger charge is 2.32. The number of fused-ring (bicyclic) bond motifs is 1. The van der Waals surface area contributed by atoms with Crippen molar-refractivity contribution in [2.24, 2.45) is 4.99 Å². The predicted octanol–water partition coefficient (Wildman–Crippen LogP) is 2.12. The summed E-state index contributed by atoms with van der Waals surface area (Å²) < 4.78 is 7.77. The molecule has 0 saturated carbocycles. The van der Waals surface area contributed by atoms with Crippen LogP contribution in [0.25, 0.3) is 0 Å². The summed E-state index contributed by atoms with van der Waals surface area (Å²) in [5.41, 5.74) is 0. The van der Waals surface area contributed by atoms with E-state index in [0.29, 0.717) is 0 Å². The number of aliphatic imine (C=N–C) groups is 1. The number of nitrogens with zero attached hydrogens (tertiary/aromatic N) is 4. The van der Waals surface area contributed by atoms with E-state index in [4.69, 9.17) is 4.74 Å². The van der Waals surface area contributed by atoms with Crippen molar-refractivity contribution < 1.29 is 4.74 Å². The fourth-order valence-electron chi connectivity index (χ4n) is 3.41. The zero-order valence-electron chi connectivity index (χ0n) is 15.2. The van der Waals surface area contributed by atoms with E-state index in [9.17, 15) is 0 Å². The Balaban J connectivity index is 0.00000225. The molecule has 1 aromatic heterocycles. The number of rotatable bonds is 4. The maximum atomic E-state index is 5.52. The summed E-state index contributed by atoms with van der Waals surface area (Å²) in [6, 6.07) is 0.172. The lowest BCUT2D eigenvalue weighted by Gasteiger charge is -2.36. The van der Waals surface area contributed by atoms with E-state index in [1.165, 1.54) is 0 Å². The minimum Gasteiger partial charge on any atom is -0.381 e. The molecular formula is C16H29IN6OS. The van der Waals surface area contributed by atoms with Gasteiger partial charge < -0.3 is 15.4 Å². The third-order valence-corrected chi connectivity index (χ3v) is 6.35. The van der Waals surface area contributed by atoms with Crippen LogP contribution in [0.1, 0.15) is 43.4 Å². The first-order valence-electron chi connectivity index (χ1n) is 8.67. The van der Waals surface area contributed by atoms with Crippen LogP contribution >= 0.6 is 35.7 Å². The summed E-state index contributed by atoms with van der Waals surface area (Å²) in [7, 11) is 1.82. The largest absolute Gasteiger partial charge is 0.381 e. The van der Waals surface area contributed by atoms with Gasteiger partial charge in [0.1, 0.15) is 11.6 Å². The molecule has 0 spiro atoms. The Morgan fingerprint density at radius 1 is 1.44 bits per heavy atom. The first-order valence-corrected chi connectivity index (χ1v) is 9.90. The van der Waals surface area contributed by atoms with E-state index >= 15 is 0 Å². The first-order chi connectivity index (χ1) is 11.7. The van der Waals surface area contributed by atoms with Gasteiger partial charge in [0.15, 0.2) is 5.96 Å². The fraction of sp³-hybridized carbons (Fsp3) is 0.812. The Morgan fingerprint density at radius 3 is 2.88 bits per heavy atom. The number of thioether (sulfide) groups is 1. The van der Waals surface area contributed by atoms with E-state index in [1.807, 2.05) is 30.4 Å². The molecule has 25 heavy (non-hydrogen) atoms. The van der Waals surface area contributed by atoms with Crippen LogP contribution in [0, 0.1) is 6.92 Å². The van der Waals surface area contributed by atoms with Crippen LogP contribution in [0.15, 0.2) is 4.99 Å². The zero-order valence-corrected chi connectivity index (χ0v) is 18.4. The second-order valence-corrected chi connectivity index (χ2v) is 7.78. The molecule has 3 heterocycles. The predicted molar refractivity (Wildman–Crippen MR) is 113 cm³/mol. The molecule has 1 saturated heterocycles. The second kappa shape index (κ2) is 9.40. The molecule has 1 fully saturated rings. The van der Waals surface area contributed by atoms with E-state index in [2.05, 4.69) is 32.0 Å². The van der Waals surface area contributed by atoms with Crippen LogP contribution < -0.4 is 10.6 Å². The molecule has 9 heteroatoms. The number of ether oxygens (including phenoxy) is 1. The second-order valence-electron chi connectivity index (χ2n) is 6.50. The van der Waals surface area contributed by atoms with Gasteiger partial charge in [-0.2, -0.15) is 16.9 Å². The Kier molecular flexibility index (Phi) is 7.81. The first kappa shape index (κ1) is 20.8. The summed E-state index contributed by atoms with van der Waals surface area (Å²) in [4.78, 5) is 8.99. The molecule has 1 atom stereocenters. The average Bonchev–Trinajstić information content (AvgIpc) is 3.00. The molecule has 0 radical (unpaired) electrons. The standard InChI is InChI=1S/C16H28N6OS.HI/c1-12-19-14-13(5-4-8-22(14)21-12)20-15(17-2)18-11-16(24-3)6-9-23-10-7-16;/h13H,4-11H2,1-3H3,(H2,17,18,20);1H. The summed E-state index contributed by atoms with van der Waals surface area (Å²) in [5.74, 6) is 2.70. The Hall–Kier alpha value is -0.550. The van der Waals surface area contributed by atoms with Crippen molar-refractivity contribution in [3.8, 4) is 0 Å². The lowest BCUT2D eigenvalue weighted by Crippen LogP contribution is -2.49. The Morgan fingerprint density at radius 2 is 2.20 bits per heavy atom. The third-order valence-electron chi connectivity index (χ3n) is 4.93. The molecule has 2 aliphatic heterocycles. The van der Waals surface area contributed by atoms with Gasteiger partial charge in [0, 0.05) is 38.1 Å². The fourth-order valence-corrected chi connectivity index (χ4v) is 4.20. The summed E-state index contributed by atoms with van der Waals surface area (Å²) in [6.07, 6.45) is 6.51. The van der Waals surface area contributed by atoms with Gasteiger partial charge in [-0.1, -0.05) is 0 Å². The van der Waals surface area contributed by atoms with Crippen molar-refractivity contribution in [3.63, 3.8) is 0 Å². The maximum Gasteiger partial charge on any atom is 0.191 e. The smallest absolute Gasteiger partial charge is 0.191 e. The average molecular weight is 480 g/mol. The third kappa shape index (κ3) is 5.00. The summed E-state index contributed by atoms with van der Waals surface area (Å²) >= 11 is 1.93. The number of aromatic nitrogens is 3. The molecule has 0 amide bonds. The lowest BCUT2D eigenvalue weighted by molar-refractivity contribution is 0.0782. The number of nitrogens with one attached hydrogen (secondary N) is 2. The molecule has 2 aliphatic rings. The molecule has 1 aromatic rings. The van der Waals surface area contributed by atoms with Gasteiger partial charge in [-0.15, -0.1) is 24.0 Å².